The molecule has 8 atom stereocenters. The molecule has 35 heavy (non-hydrogen) atoms. The summed E-state index contributed by atoms with van der Waals surface area (Å²) in [6.45, 7) is 12.4. The molecule has 1 spiro atoms. The fraction of sp³-hybridized carbons (Fsp3) is 0.786. The molecule has 7 heteroatoms. The second-order valence-electron chi connectivity index (χ2n) is 13.1. The van der Waals surface area contributed by atoms with Crippen molar-refractivity contribution < 1.29 is 28.9 Å². The molecule has 2 bridgehead atoms. The Balaban J connectivity index is 1.51. The number of nitrogens with zero attached hydrogens (tertiary/aromatic N) is 1. The molecule has 6 aliphatic rings. The fourth-order valence-corrected chi connectivity index (χ4v) is 8.09. The van der Waals surface area contributed by atoms with Gasteiger partial charge in [0, 0.05) is 19.0 Å². The van der Waals surface area contributed by atoms with Crippen molar-refractivity contribution in [3.63, 3.8) is 0 Å². The monoisotopic (exact) mass is 485 g/mol. The van der Waals surface area contributed by atoms with Gasteiger partial charge < -0.3 is 24.2 Å². The van der Waals surface area contributed by atoms with E-state index in [9.17, 15) is 14.7 Å². The minimum absolute atomic E-state index is 0.0299. The van der Waals surface area contributed by atoms with Gasteiger partial charge in [0.25, 0.3) is 0 Å². The van der Waals surface area contributed by atoms with Gasteiger partial charge in [-0.1, -0.05) is 32.9 Å². The van der Waals surface area contributed by atoms with Crippen LogP contribution < -0.4 is 0 Å². The average molecular weight is 486 g/mol. The highest BCUT2D eigenvalue weighted by molar-refractivity contribution is 5.95. The Morgan fingerprint density at radius 3 is 2.57 bits per heavy atom. The van der Waals surface area contributed by atoms with Gasteiger partial charge in [0.1, 0.15) is 6.10 Å². The second kappa shape index (κ2) is 6.99. The fourth-order valence-electron chi connectivity index (χ4n) is 8.09. The van der Waals surface area contributed by atoms with Crippen molar-refractivity contribution in [3.8, 4) is 0 Å². The molecular formula is C28H39NO6. The number of carbonyl (C=O) groups is 2. The van der Waals surface area contributed by atoms with Crippen molar-refractivity contribution in [1.29, 1.82) is 0 Å². The first-order valence-electron chi connectivity index (χ1n) is 13.2. The number of allylic oxidation sites excluding steroid dienone is 1. The maximum absolute atomic E-state index is 14.6. The average Bonchev–Trinajstić information content (AvgIpc) is 3.68. The normalized spacial score (nSPS) is 46.7. The predicted molar refractivity (Wildman–Crippen MR) is 128 cm³/mol. The molecule has 3 saturated carbocycles. The number of Topliss-reactive ketones (excluding diaryl/α,β-unsaturated/α-hetero) is 1. The summed E-state index contributed by atoms with van der Waals surface area (Å²) in [6.07, 6.45) is 4.45. The van der Waals surface area contributed by atoms with E-state index in [0.717, 1.165) is 24.8 Å². The van der Waals surface area contributed by atoms with Gasteiger partial charge in [-0.25, -0.2) is 4.79 Å². The lowest BCUT2D eigenvalue weighted by atomic mass is 9.59. The van der Waals surface area contributed by atoms with Crippen LogP contribution in [0.15, 0.2) is 23.3 Å². The van der Waals surface area contributed by atoms with Crippen LogP contribution >= 0.6 is 0 Å². The molecule has 6 rings (SSSR count). The molecule has 0 unspecified atom stereocenters. The van der Waals surface area contributed by atoms with Crippen LogP contribution in [0.3, 0.4) is 0 Å². The van der Waals surface area contributed by atoms with Gasteiger partial charge in [-0.3, -0.25) is 4.79 Å². The van der Waals surface area contributed by atoms with Crippen molar-refractivity contribution >= 4 is 11.9 Å². The Hall–Kier alpha value is -1.70. The molecule has 1 aliphatic heterocycles. The Morgan fingerprint density at radius 2 is 1.91 bits per heavy atom. The summed E-state index contributed by atoms with van der Waals surface area (Å²) in [5.41, 5.74) is -1.40. The highest BCUT2D eigenvalue weighted by Gasteiger charge is 2.77. The molecular weight excluding hydrogens is 446 g/mol. The maximum Gasteiger partial charge on any atom is 0.410 e. The number of carbonyl (C=O) groups excluding carboxylic acids is 2. The lowest BCUT2D eigenvalue weighted by molar-refractivity contribution is -0.303. The minimum Gasteiger partial charge on any atom is -0.438 e. The topological polar surface area (TPSA) is 85.3 Å². The van der Waals surface area contributed by atoms with Gasteiger partial charge in [-0.2, -0.15) is 0 Å². The van der Waals surface area contributed by atoms with Gasteiger partial charge in [-0.15, -0.1) is 0 Å². The first-order valence-corrected chi connectivity index (χ1v) is 13.2. The van der Waals surface area contributed by atoms with Crippen molar-refractivity contribution in [2.45, 2.75) is 90.4 Å². The number of rotatable bonds is 2. The number of amides is 1. The third-order valence-corrected chi connectivity index (χ3v) is 10.3. The summed E-state index contributed by atoms with van der Waals surface area (Å²) in [5, 5.41) is 12.9. The number of fused-ring (bicyclic) bond motifs is 5. The molecule has 5 aliphatic carbocycles. The van der Waals surface area contributed by atoms with Gasteiger partial charge in [0.2, 0.25) is 0 Å². The van der Waals surface area contributed by atoms with Gasteiger partial charge in [-0.05, 0) is 74.3 Å². The first-order chi connectivity index (χ1) is 16.3. The second-order valence-corrected chi connectivity index (χ2v) is 13.1. The summed E-state index contributed by atoms with van der Waals surface area (Å²) in [6, 6.07) is 0.178. The van der Waals surface area contributed by atoms with Gasteiger partial charge in [0.05, 0.1) is 12.0 Å². The smallest absolute Gasteiger partial charge is 0.410 e. The van der Waals surface area contributed by atoms with Crippen molar-refractivity contribution in [2.75, 3.05) is 13.7 Å². The van der Waals surface area contributed by atoms with E-state index in [1.54, 1.807) is 11.9 Å². The first kappa shape index (κ1) is 23.7. The quantitative estimate of drug-likeness (QED) is 0.598. The summed E-state index contributed by atoms with van der Waals surface area (Å²) in [5.74, 6) is -0.756. The maximum atomic E-state index is 14.6. The van der Waals surface area contributed by atoms with Crippen LogP contribution in [0.25, 0.3) is 0 Å². The summed E-state index contributed by atoms with van der Waals surface area (Å²) in [7, 11) is 1.74. The number of hydrogen-bond donors (Lipinski definition) is 1. The van der Waals surface area contributed by atoms with Crippen LogP contribution in [-0.4, -0.2) is 65.2 Å². The minimum atomic E-state index is -1.75. The molecule has 1 amide bonds. The molecule has 4 fully saturated rings. The number of ether oxygens (including phenoxy) is 3. The van der Waals surface area contributed by atoms with Crippen LogP contribution in [0.2, 0.25) is 0 Å². The molecule has 1 saturated heterocycles. The van der Waals surface area contributed by atoms with Crippen LogP contribution in [0, 0.1) is 34.5 Å². The van der Waals surface area contributed by atoms with Crippen molar-refractivity contribution in [2.24, 2.45) is 34.5 Å². The zero-order chi connectivity index (χ0) is 25.3. The zero-order valence-corrected chi connectivity index (χ0v) is 22.0. The van der Waals surface area contributed by atoms with E-state index in [1.807, 2.05) is 32.9 Å². The van der Waals surface area contributed by atoms with Crippen LogP contribution in [0.4, 0.5) is 4.79 Å². The largest absolute Gasteiger partial charge is 0.438 e. The number of ketones is 1. The van der Waals surface area contributed by atoms with E-state index in [-0.39, 0.29) is 41.6 Å². The third kappa shape index (κ3) is 2.95. The Labute approximate surface area is 207 Å². The molecule has 0 radical (unpaired) electrons. The van der Waals surface area contributed by atoms with E-state index in [2.05, 4.69) is 20.8 Å². The van der Waals surface area contributed by atoms with Crippen molar-refractivity contribution in [1.82, 2.24) is 4.90 Å². The molecule has 192 valence electrons. The third-order valence-electron chi connectivity index (χ3n) is 10.3. The zero-order valence-electron chi connectivity index (χ0n) is 22.0. The molecule has 7 nitrogen and oxygen atoms in total. The van der Waals surface area contributed by atoms with E-state index in [0.29, 0.717) is 11.5 Å². The van der Waals surface area contributed by atoms with Crippen LogP contribution in [0.5, 0.6) is 0 Å². The van der Waals surface area contributed by atoms with Crippen LogP contribution in [-0.2, 0) is 19.0 Å². The highest BCUT2D eigenvalue weighted by Crippen LogP contribution is 2.72. The van der Waals surface area contributed by atoms with E-state index < -0.39 is 35.1 Å². The molecule has 0 aromatic rings. The Morgan fingerprint density at radius 1 is 1.23 bits per heavy atom. The Bertz CT molecular complexity index is 1060. The molecule has 0 aromatic carbocycles. The molecule has 1 heterocycles. The van der Waals surface area contributed by atoms with Gasteiger partial charge in [0.15, 0.2) is 23.3 Å². The SMILES string of the molecule is CC1=C[C@]23C(=O)[C@@H](C=C4COC(C)(C)O[C@H]4[C@]2(O)[C@H]1OC(=O)N(C)C1CC1)[C@H]1[C@@H](C[C@H]3C)C1(C)C. The summed E-state index contributed by atoms with van der Waals surface area (Å²) in [4.78, 5) is 29.4. The molecule has 0 aromatic heterocycles. The lowest BCUT2D eigenvalue weighted by Crippen LogP contribution is -2.68. The molecule has 1 N–H and O–H groups in total. The van der Waals surface area contributed by atoms with Gasteiger partial charge >= 0.3 is 6.09 Å². The predicted octanol–water partition coefficient (Wildman–Crippen LogP) is 3.85. The van der Waals surface area contributed by atoms with Crippen LogP contribution in [0.1, 0.15) is 60.8 Å². The van der Waals surface area contributed by atoms with Crippen molar-refractivity contribution in [3.05, 3.63) is 23.3 Å². The number of hydrogen-bond acceptors (Lipinski definition) is 6. The summed E-state index contributed by atoms with van der Waals surface area (Å²) < 4.78 is 18.6. The number of aliphatic hydroxyl groups is 1. The van der Waals surface area contributed by atoms with E-state index in [4.69, 9.17) is 14.2 Å². The standard InChI is InChI=1S/C28H39NO6/c1-14-12-27-15(2)10-19-20(25(19,3)4)18(21(27)30)11-16-13-33-26(5,6)35-23(16)28(27,32)22(14)34-24(31)29(7)17-8-9-17/h11-12,15,17-20,22-23,32H,8-10,13H2,1-7H3/t15-,18+,19-,20+,22+,23-,27+,28-/m1/s1. The summed E-state index contributed by atoms with van der Waals surface area (Å²) >= 11 is 0. The van der Waals surface area contributed by atoms with E-state index >= 15 is 0 Å². The van der Waals surface area contributed by atoms with E-state index in [1.165, 1.54) is 0 Å². The Kier molecular flexibility index (Phi) is 4.73. The highest BCUT2D eigenvalue weighted by atomic mass is 16.7. The lowest BCUT2D eigenvalue weighted by Gasteiger charge is -2.52.